The third-order valence-electron chi connectivity index (χ3n) is 6.02. The summed E-state index contributed by atoms with van der Waals surface area (Å²) in [6, 6.07) is 5.67. The molecule has 0 saturated carbocycles. The Bertz CT molecular complexity index is 700. The molecule has 1 aliphatic heterocycles. The van der Waals surface area contributed by atoms with Crippen LogP contribution in [0.25, 0.3) is 5.20 Å². The molecular weight excluding hydrogens is 314 g/mol. The second kappa shape index (κ2) is 5.07. The van der Waals surface area contributed by atoms with Crippen LogP contribution < -0.4 is 10.5 Å². The zero-order chi connectivity index (χ0) is 17.2. The van der Waals surface area contributed by atoms with Crippen molar-refractivity contribution < 1.29 is 5.11 Å². The molecule has 0 saturated heterocycles. The van der Waals surface area contributed by atoms with Crippen molar-refractivity contribution in [3.8, 4) is 0 Å². The van der Waals surface area contributed by atoms with E-state index in [1.54, 1.807) is 21.5 Å². The Morgan fingerprint density at radius 1 is 1.26 bits per heavy atom. The van der Waals surface area contributed by atoms with E-state index in [1.807, 2.05) is 0 Å². The van der Waals surface area contributed by atoms with Crippen molar-refractivity contribution in [2.75, 3.05) is 11.9 Å². The summed E-state index contributed by atoms with van der Waals surface area (Å²) >= 11 is 0. The second-order valence-corrected chi connectivity index (χ2v) is 23.8. The Kier molecular flexibility index (Phi) is 3.75. The van der Waals surface area contributed by atoms with Crippen LogP contribution >= 0.6 is 0 Å². The first-order valence-electron chi connectivity index (χ1n) is 8.79. The predicted octanol–water partition coefficient (Wildman–Crippen LogP) is 3.84. The Morgan fingerprint density at radius 2 is 1.91 bits per heavy atom. The molecule has 0 fully saturated rings. The maximum Gasteiger partial charge on any atom is 0.112 e. The number of anilines is 1. The molecule has 1 heterocycles. The van der Waals surface area contributed by atoms with E-state index in [1.165, 1.54) is 11.3 Å². The maximum atomic E-state index is 9.65. The molecule has 126 valence electrons. The molecule has 1 unspecified atom stereocenters. The van der Waals surface area contributed by atoms with Crippen LogP contribution in [0.3, 0.4) is 0 Å². The quantitative estimate of drug-likeness (QED) is 0.813. The van der Waals surface area contributed by atoms with Gasteiger partial charge >= 0.3 is 0 Å². The first-order valence-corrected chi connectivity index (χ1v) is 15.5. The van der Waals surface area contributed by atoms with Crippen molar-refractivity contribution in [2.24, 2.45) is 0 Å². The number of allylic oxidation sites excluding steroid dienone is 1. The van der Waals surface area contributed by atoms with Crippen molar-refractivity contribution in [3.63, 3.8) is 0 Å². The minimum Gasteiger partial charge on any atom is -0.397 e. The molecule has 1 aromatic carbocycles. The number of benzene rings is 1. The van der Waals surface area contributed by atoms with Crippen LogP contribution in [0, 0.1) is 0 Å². The molecule has 3 rings (SSSR count). The second-order valence-electron chi connectivity index (χ2n) is 9.21. The van der Waals surface area contributed by atoms with Gasteiger partial charge in [0.05, 0.1) is 7.59 Å². The molecule has 2 nitrogen and oxygen atoms in total. The summed E-state index contributed by atoms with van der Waals surface area (Å²) in [6.45, 7) is 17.0. The van der Waals surface area contributed by atoms with Crippen molar-refractivity contribution in [2.45, 2.75) is 65.3 Å². The van der Waals surface area contributed by atoms with Crippen LogP contribution in [-0.2, 0) is 6.42 Å². The molecule has 23 heavy (non-hydrogen) atoms. The van der Waals surface area contributed by atoms with Gasteiger partial charge in [-0.3, -0.25) is 0 Å². The van der Waals surface area contributed by atoms with Crippen molar-refractivity contribution in [3.05, 3.63) is 28.8 Å². The predicted molar refractivity (Wildman–Crippen MR) is 107 cm³/mol. The lowest BCUT2D eigenvalue weighted by Crippen LogP contribution is -2.73. The lowest BCUT2D eigenvalue weighted by atomic mass is 10.0. The highest BCUT2D eigenvalue weighted by molar-refractivity contribution is 7.55. The largest absolute Gasteiger partial charge is 0.397 e. The first-order chi connectivity index (χ1) is 10.5. The third-order valence-corrected chi connectivity index (χ3v) is 23.8. The van der Waals surface area contributed by atoms with Gasteiger partial charge in [-0.05, 0) is 62.5 Å². The van der Waals surface area contributed by atoms with Gasteiger partial charge in [-0.2, -0.15) is 0 Å². The molecule has 1 aliphatic carbocycles. The van der Waals surface area contributed by atoms with Crippen molar-refractivity contribution >= 4 is 31.3 Å². The molecule has 0 aromatic heterocycles. The van der Waals surface area contributed by atoms with Gasteiger partial charge in [-0.25, -0.2) is 0 Å². The van der Waals surface area contributed by atoms with E-state index in [0.717, 1.165) is 12.5 Å². The van der Waals surface area contributed by atoms with Crippen LogP contribution in [-0.4, -0.2) is 32.4 Å². The van der Waals surface area contributed by atoms with Crippen molar-refractivity contribution in [1.29, 1.82) is 0 Å². The van der Waals surface area contributed by atoms with Gasteiger partial charge in [0.1, 0.15) is 7.59 Å². The van der Waals surface area contributed by atoms with Crippen LogP contribution in [0.1, 0.15) is 38.8 Å². The number of aliphatic hydroxyl groups excluding tert-OH is 1. The highest BCUT2D eigenvalue weighted by Gasteiger charge is 2.59. The summed E-state index contributed by atoms with van der Waals surface area (Å²) in [5.41, 5.74) is 6.17. The molecule has 1 aromatic rings. The highest BCUT2D eigenvalue weighted by atomic mass is 29.3. The zero-order valence-electron chi connectivity index (χ0n) is 15.7. The maximum absolute atomic E-state index is 9.65. The van der Waals surface area contributed by atoms with E-state index in [0.29, 0.717) is 6.61 Å². The minimum atomic E-state index is -1.65. The number of nitrogens with one attached hydrogen (secondary N) is 1. The van der Waals surface area contributed by atoms with Gasteiger partial charge in [0, 0.05) is 17.8 Å². The molecule has 2 aliphatic rings. The van der Waals surface area contributed by atoms with E-state index in [4.69, 9.17) is 0 Å². The summed E-state index contributed by atoms with van der Waals surface area (Å²) < 4.78 is 0. The van der Waals surface area contributed by atoms with E-state index in [-0.39, 0.29) is 5.54 Å². The first kappa shape index (κ1) is 17.0. The monoisotopic (exact) mass is 345 g/mol. The molecule has 0 spiro atoms. The van der Waals surface area contributed by atoms with Gasteiger partial charge in [-0.15, -0.1) is 0 Å². The minimum absolute atomic E-state index is 0.0792. The standard InChI is InChI=1S/C19H31NOSi2/c1-13-12-14-8-9-15(20-19(2,3)4)18-16(14)17(13)23(18,7)22(5,6)11-10-21/h8-9,20-21H,10-12H2,1-7H3. The molecule has 1 atom stereocenters. The fourth-order valence-electron chi connectivity index (χ4n) is 4.64. The van der Waals surface area contributed by atoms with Gasteiger partial charge in [0.25, 0.3) is 0 Å². The number of hydrogen-bond acceptors (Lipinski definition) is 2. The molecule has 0 radical (unpaired) electrons. The molecular formula is C19H31NOSi2. The SMILES string of the molecule is CC1=C2c3c(ccc(NC(C)(C)C)c3[Si]2(C)[Si](C)(C)CCO)C1. The fourth-order valence-corrected chi connectivity index (χ4v) is 18.0. The van der Waals surface area contributed by atoms with Gasteiger partial charge in [0.2, 0.25) is 0 Å². The average molecular weight is 346 g/mol. The zero-order valence-corrected chi connectivity index (χ0v) is 17.7. The lowest BCUT2D eigenvalue weighted by molar-refractivity contribution is 0.317. The van der Waals surface area contributed by atoms with Gasteiger partial charge in [-0.1, -0.05) is 36.5 Å². The van der Waals surface area contributed by atoms with Crippen LogP contribution in [0.5, 0.6) is 0 Å². The average Bonchev–Trinajstić information content (AvgIpc) is 2.69. The van der Waals surface area contributed by atoms with Crippen LogP contribution in [0.4, 0.5) is 5.69 Å². The van der Waals surface area contributed by atoms with Crippen LogP contribution in [0.15, 0.2) is 17.7 Å². The summed E-state index contributed by atoms with van der Waals surface area (Å²) in [7, 11) is -3.16. The summed E-state index contributed by atoms with van der Waals surface area (Å²) in [5.74, 6) is 0. The molecule has 2 N–H and O–H groups in total. The van der Waals surface area contributed by atoms with Gasteiger partial charge < -0.3 is 10.4 Å². The Morgan fingerprint density at radius 3 is 2.48 bits per heavy atom. The number of aliphatic hydroxyl groups is 1. The van der Waals surface area contributed by atoms with E-state index < -0.39 is 15.2 Å². The Hall–Kier alpha value is -0.846. The topological polar surface area (TPSA) is 32.3 Å². The summed E-state index contributed by atoms with van der Waals surface area (Å²) in [5, 5.41) is 16.8. The highest BCUT2D eigenvalue weighted by Crippen LogP contribution is 2.52. The summed E-state index contributed by atoms with van der Waals surface area (Å²) in [4.78, 5) is 0. The fraction of sp³-hybridized carbons (Fsp3) is 0.579. The number of rotatable bonds is 4. The summed E-state index contributed by atoms with van der Waals surface area (Å²) in [6.07, 6.45) is 1.14. The van der Waals surface area contributed by atoms with E-state index >= 15 is 0 Å². The molecule has 0 amide bonds. The Balaban J connectivity index is 2.21. The molecule has 4 heteroatoms. The van der Waals surface area contributed by atoms with Crippen LogP contribution in [0.2, 0.25) is 25.7 Å². The molecule has 0 bridgehead atoms. The number of hydrogen-bond donors (Lipinski definition) is 2. The third kappa shape index (κ3) is 2.29. The lowest BCUT2D eigenvalue weighted by Gasteiger charge is -2.53. The van der Waals surface area contributed by atoms with E-state index in [2.05, 4.69) is 64.8 Å². The Labute approximate surface area is 142 Å². The van der Waals surface area contributed by atoms with Gasteiger partial charge in [0.15, 0.2) is 0 Å². The van der Waals surface area contributed by atoms with E-state index in [9.17, 15) is 5.11 Å². The normalized spacial score (nSPS) is 23.0. The van der Waals surface area contributed by atoms with Crippen molar-refractivity contribution in [1.82, 2.24) is 0 Å². The smallest absolute Gasteiger partial charge is 0.112 e.